The van der Waals surface area contributed by atoms with Crippen molar-refractivity contribution in [3.05, 3.63) is 60.2 Å². The third-order valence-electron chi connectivity index (χ3n) is 4.74. The molecule has 0 aliphatic carbocycles. The van der Waals surface area contributed by atoms with E-state index in [1.54, 1.807) is 31.6 Å². The molecule has 0 unspecified atom stereocenters. The molecular formula is C20H20N4O3. The van der Waals surface area contributed by atoms with Gasteiger partial charge in [-0.15, -0.1) is 10.2 Å². The van der Waals surface area contributed by atoms with Gasteiger partial charge in [-0.05, 0) is 37.1 Å². The molecule has 1 fully saturated rings. The van der Waals surface area contributed by atoms with Crippen LogP contribution in [0.3, 0.4) is 0 Å². The van der Waals surface area contributed by atoms with E-state index in [0.29, 0.717) is 29.6 Å². The van der Waals surface area contributed by atoms with Crippen molar-refractivity contribution in [1.29, 1.82) is 0 Å². The van der Waals surface area contributed by atoms with Gasteiger partial charge in [0, 0.05) is 25.5 Å². The van der Waals surface area contributed by atoms with E-state index in [4.69, 9.17) is 9.15 Å². The maximum absolute atomic E-state index is 12.7. The number of methoxy groups -OCH3 is 1. The number of rotatable bonds is 4. The first-order valence-electron chi connectivity index (χ1n) is 8.92. The third kappa shape index (κ3) is 3.53. The minimum absolute atomic E-state index is 0.0164. The highest BCUT2D eigenvalue weighted by molar-refractivity contribution is 5.94. The van der Waals surface area contributed by atoms with Gasteiger partial charge in [0.05, 0.1) is 24.2 Å². The number of benzene rings is 1. The van der Waals surface area contributed by atoms with Gasteiger partial charge in [-0.1, -0.05) is 12.1 Å². The number of carbonyl (C=O) groups excluding carboxylic acids is 1. The van der Waals surface area contributed by atoms with Crippen LogP contribution in [-0.2, 0) is 0 Å². The molecule has 1 amide bonds. The Morgan fingerprint density at radius 3 is 2.93 bits per heavy atom. The van der Waals surface area contributed by atoms with Crippen molar-refractivity contribution in [3.63, 3.8) is 0 Å². The first kappa shape index (κ1) is 17.2. The fourth-order valence-electron chi connectivity index (χ4n) is 3.36. The lowest BCUT2D eigenvalue weighted by atomic mass is 9.97. The SMILES string of the molecule is COc1ccccc1-c1nnc([C@@H]2CCCN(C(=O)c3cccnc3)C2)o1. The zero-order chi connectivity index (χ0) is 18.6. The Labute approximate surface area is 157 Å². The van der Waals surface area contributed by atoms with E-state index in [-0.39, 0.29) is 11.8 Å². The summed E-state index contributed by atoms with van der Waals surface area (Å²) in [7, 11) is 1.61. The zero-order valence-corrected chi connectivity index (χ0v) is 15.0. The number of hydrogen-bond donors (Lipinski definition) is 0. The molecule has 27 heavy (non-hydrogen) atoms. The van der Waals surface area contributed by atoms with Crippen LogP contribution in [0.5, 0.6) is 5.75 Å². The van der Waals surface area contributed by atoms with Crippen molar-refractivity contribution in [2.75, 3.05) is 20.2 Å². The Hall–Kier alpha value is -3.22. The van der Waals surface area contributed by atoms with Gasteiger partial charge >= 0.3 is 0 Å². The van der Waals surface area contributed by atoms with Crippen LogP contribution in [-0.4, -0.2) is 46.2 Å². The highest BCUT2D eigenvalue weighted by Gasteiger charge is 2.29. The molecule has 1 aromatic carbocycles. The molecule has 0 radical (unpaired) electrons. The first-order valence-corrected chi connectivity index (χ1v) is 8.92. The molecule has 1 saturated heterocycles. The summed E-state index contributed by atoms with van der Waals surface area (Å²) in [5.41, 5.74) is 1.36. The molecule has 0 spiro atoms. The average molecular weight is 364 g/mol. The number of aromatic nitrogens is 3. The van der Waals surface area contributed by atoms with Crippen LogP contribution in [0.4, 0.5) is 0 Å². The molecule has 7 nitrogen and oxygen atoms in total. The fraction of sp³-hybridized carbons (Fsp3) is 0.300. The number of amides is 1. The van der Waals surface area contributed by atoms with Crippen molar-refractivity contribution >= 4 is 5.91 Å². The van der Waals surface area contributed by atoms with Crippen LogP contribution >= 0.6 is 0 Å². The molecular weight excluding hydrogens is 344 g/mol. The lowest BCUT2D eigenvalue weighted by Crippen LogP contribution is -2.39. The van der Waals surface area contributed by atoms with E-state index in [1.165, 1.54) is 0 Å². The van der Waals surface area contributed by atoms with Crippen LogP contribution in [0.2, 0.25) is 0 Å². The molecule has 1 aliphatic rings. The summed E-state index contributed by atoms with van der Waals surface area (Å²) in [6.45, 7) is 1.28. The normalized spacial score (nSPS) is 16.9. The Bertz CT molecular complexity index is 926. The highest BCUT2D eigenvalue weighted by atomic mass is 16.5. The van der Waals surface area contributed by atoms with Gasteiger partial charge in [0.25, 0.3) is 11.8 Å². The molecule has 3 aromatic rings. The predicted octanol–water partition coefficient (Wildman–Crippen LogP) is 3.16. The molecule has 1 aliphatic heterocycles. The Kier molecular flexibility index (Phi) is 4.82. The van der Waals surface area contributed by atoms with Gasteiger partial charge in [-0.3, -0.25) is 9.78 Å². The standard InChI is InChI=1S/C20H20N4O3/c1-26-17-9-3-2-8-16(17)19-23-22-18(27-19)15-7-5-11-24(13-15)20(25)14-6-4-10-21-12-14/h2-4,6,8-10,12,15H,5,7,11,13H2,1H3/t15-/m1/s1. The van der Waals surface area contributed by atoms with Gasteiger partial charge in [0.1, 0.15) is 5.75 Å². The molecule has 138 valence electrons. The van der Waals surface area contributed by atoms with E-state index in [0.717, 1.165) is 24.9 Å². The maximum Gasteiger partial charge on any atom is 0.255 e. The van der Waals surface area contributed by atoms with Crippen LogP contribution in [0.25, 0.3) is 11.5 Å². The summed E-state index contributed by atoms with van der Waals surface area (Å²) >= 11 is 0. The molecule has 4 rings (SSSR count). The van der Waals surface area contributed by atoms with Crippen molar-refractivity contribution in [2.45, 2.75) is 18.8 Å². The maximum atomic E-state index is 12.7. The van der Waals surface area contributed by atoms with Gasteiger partial charge in [0.15, 0.2) is 0 Å². The third-order valence-corrected chi connectivity index (χ3v) is 4.74. The number of ether oxygens (including phenoxy) is 1. The summed E-state index contributed by atoms with van der Waals surface area (Å²) in [5, 5.41) is 8.42. The molecule has 1 atom stereocenters. The summed E-state index contributed by atoms with van der Waals surface area (Å²) < 4.78 is 11.3. The minimum atomic E-state index is -0.0164. The van der Waals surface area contributed by atoms with E-state index in [1.807, 2.05) is 29.2 Å². The molecule has 2 aromatic heterocycles. The quantitative estimate of drug-likeness (QED) is 0.707. The Balaban J connectivity index is 1.52. The topological polar surface area (TPSA) is 81.4 Å². The van der Waals surface area contributed by atoms with Gasteiger partial charge < -0.3 is 14.1 Å². The fourth-order valence-corrected chi connectivity index (χ4v) is 3.36. The second-order valence-electron chi connectivity index (χ2n) is 6.48. The van der Waals surface area contributed by atoms with Crippen LogP contribution in [0.15, 0.2) is 53.2 Å². The minimum Gasteiger partial charge on any atom is -0.496 e. The smallest absolute Gasteiger partial charge is 0.255 e. The lowest BCUT2D eigenvalue weighted by Gasteiger charge is -2.31. The highest BCUT2D eigenvalue weighted by Crippen LogP contribution is 2.32. The largest absolute Gasteiger partial charge is 0.496 e. The number of piperidine rings is 1. The van der Waals surface area contributed by atoms with E-state index < -0.39 is 0 Å². The van der Waals surface area contributed by atoms with Crippen molar-refractivity contribution in [2.24, 2.45) is 0 Å². The van der Waals surface area contributed by atoms with Gasteiger partial charge in [-0.25, -0.2) is 0 Å². The molecule has 3 heterocycles. The van der Waals surface area contributed by atoms with E-state index in [9.17, 15) is 4.79 Å². The Morgan fingerprint density at radius 2 is 2.11 bits per heavy atom. The number of carbonyl (C=O) groups is 1. The van der Waals surface area contributed by atoms with Crippen LogP contribution in [0, 0.1) is 0 Å². The van der Waals surface area contributed by atoms with Gasteiger partial charge in [0.2, 0.25) is 5.89 Å². The molecule has 0 saturated carbocycles. The molecule has 0 bridgehead atoms. The molecule has 0 N–H and O–H groups in total. The average Bonchev–Trinajstić information content (AvgIpc) is 3.24. The van der Waals surface area contributed by atoms with Crippen LogP contribution in [0.1, 0.15) is 35.0 Å². The number of para-hydroxylation sites is 1. The van der Waals surface area contributed by atoms with E-state index >= 15 is 0 Å². The number of nitrogens with zero attached hydrogens (tertiary/aromatic N) is 4. The van der Waals surface area contributed by atoms with Gasteiger partial charge in [-0.2, -0.15) is 0 Å². The first-order chi connectivity index (χ1) is 13.3. The predicted molar refractivity (Wildman–Crippen MR) is 98.4 cm³/mol. The monoisotopic (exact) mass is 364 g/mol. The number of hydrogen-bond acceptors (Lipinski definition) is 6. The summed E-state index contributed by atoms with van der Waals surface area (Å²) in [5.74, 6) is 1.68. The summed E-state index contributed by atoms with van der Waals surface area (Å²) in [6, 6.07) is 11.1. The van der Waals surface area contributed by atoms with Crippen molar-refractivity contribution in [1.82, 2.24) is 20.1 Å². The van der Waals surface area contributed by atoms with Crippen molar-refractivity contribution < 1.29 is 13.9 Å². The molecule has 7 heteroatoms. The van der Waals surface area contributed by atoms with Crippen LogP contribution < -0.4 is 4.74 Å². The van der Waals surface area contributed by atoms with E-state index in [2.05, 4.69) is 15.2 Å². The number of pyridine rings is 1. The Morgan fingerprint density at radius 1 is 1.22 bits per heavy atom. The number of likely N-dealkylation sites (tertiary alicyclic amines) is 1. The summed E-state index contributed by atoms with van der Waals surface area (Å²) in [4.78, 5) is 18.6. The van der Waals surface area contributed by atoms with Crippen molar-refractivity contribution in [3.8, 4) is 17.2 Å². The lowest BCUT2D eigenvalue weighted by molar-refractivity contribution is 0.0698. The summed E-state index contributed by atoms with van der Waals surface area (Å²) in [6.07, 6.45) is 5.06. The second-order valence-corrected chi connectivity index (χ2v) is 6.48. The zero-order valence-electron chi connectivity index (χ0n) is 15.0. The second kappa shape index (κ2) is 7.57.